The Bertz CT molecular complexity index is 854. The fourth-order valence-electron chi connectivity index (χ4n) is 2.18. The van der Waals surface area contributed by atoms with Crippen LogP contribution in [0.15, 0.2) is 54.9 Å². The van der Waals surface area contributed by atoms with Crippen molar-refractivity contribution in [3.63, 3.8) is 0 Å². The van der Waals surface area contributed by atoms with Gasteiger partial charge in [-0.2, -0.15) is 5.10 Å². The van der Waals surface area contributed by atoms with Crippen molar-refractivity contribution in [2.75, 3.05) is 6.54 Å². The molecule has 25 heavy (non-hydrogen) atoms. The second kappa shape index (κ2) is 7.76. The quantitative estimate of drug-likeness (QED) is 0.690. The highest BCUT2D eigenvalue weighted by atomic mass is 32.1. The number of esters is 1. The van der Waals surface area contributed by atoms with Gasteiger partial charge in [-0.25, -0.2) is 4.68 Å². The van der Waals surface area contributed by atoms with Gasteiger partial charge in [-0.15, -0.1) is 11.3 Å². The molecular weight excluding hydrogens is 338 g/mol. The van der Waals surface area contributed by atoms with Gasteiger partial charge in [0.1, 0.15) is 13.2 Å². The van der Waals surface area contributed by atoms with E-state index in [0.717, 1.165) is 16.1 Å². The molecule has 0 spiro atoms. The maximum atomic E-state index is 11.9. The van der Waals surface area contributed by atoms with Crippen LogP contribution in [-0.2, 0) is 16.1 Å². The molecule has 0 aliphatic rings. The fourth-order valence-corrected chi connectivity index (χ4v) is 2.96. The Morgan fingerprint density at radius 2 is 2.00 bits per heavy atom. The SMILES string of the molecule is Cc1ccc(C(=O)NCC(=O)OCc2ccc(-n3cccn3)cc2)s1. The van der Waals surface area contributed by atoms with E-state index < -0.39 is 5.97 Å². The normalized spacial score (nSPS) is 10.4. The minimum Gasteiger partial charge on any atom is -0.460 e. The van der Waals surface area contributed by atoms with Crippen LogP contribution in [0.2, 0.25) is 0 Å². The molecule has 0 aliphatic heterocycles. The van der Waals surface area contributed by atoms with E-state index in [1.807, 2.05) is 49.5 Å². The first-order valence-corrected chi connectivity index (χ1v) is 8.53. The molecule has 0 saturated heterocycles. The van der Waals surface area contributed by atoms with Crippen LogP contribution >= 0.6 is 11.3 Å². The van der Waals surface area contributed by atoms with Crippen molar-refractivity contribution in [1.29, 1.82) is 0 Å². The molecule has 128 valence electrons. The van der Waals surface area contributed by atoms with Crippen molar-refractivity contribution in [3.05, 3.63) is 70.2 Å². The smallest absolute Gasteiger partial charge is 0.325 e. The first-order chi connectivity index (χ1) is 12.1. The summed E-state index contributed by atoms with van der Waals surface area (Å²) in [5.74, 6) is -0.739. The Hall–Kier alpha value is -2.93. The predicted octanol–water partition coefficient (Wildman–Crippen LogP) is 2.72. The Balaban J connectivity index is 1.45. The Morgan fingerprint density at radius 1 is 1.20 bits per heavy atom. The van der Waals surface area contributed by atoms with Gasteiger partial charge in [0.25, 0.3) is 5.91 Å². The number of aryl methyl sites for hydroxylation is 1. The molecule has 1 N–H and O–H groups in total. The molecule has 0 unspecified atom stereocenters. The topological polar surface area (TPSA) is 73.2 Å². The lowest BCUT2D eigenvalue weighted by atomic mass is 10.2. The lowest BCUT2D eigenvalue weighted by Crippen LogP contribution is -2.30. The summed E-state index contributed by atoms with van der Waals surface area (Å²) in [4.78, 5) is 25.3. The highest BCUT2D eigenvalue weighted by Crippen LogP contribution is 2.14. The molecule has 2 aromatic heterocycles. The standard InChI is InChI=1S/C18H17N3O3S/c1-13-3-8-16(25-13)18(23)19-11-17(22)24-12-14-4-6-15(7-5-14)21-10-2-9-20-21/h2-10H,11-12H2,1H3,(H,19,23). The van der Waals surface area contributed by atoms with Crippen LogP contribution in [0, 0.1) is 6.92 Å². The monoisotopic (exact) mass is 355 g/mol. The highest BCUT2D eigenvalue weighted by Gasteiger charge is 2.10. The van der Waals surface area contributed by atoms with Crippen LogP contribution < -0.4 is 5.32 Å². The van der Waals surface area contributed by atoms with E-state index in [4.69, 9.17) is 4.74 Å². The summed E-state index contributed by atoms with van der Waals surface area (Å²) in [6.07, 6.45) is 3.56. The number of ether oxygens (including phenoxy) is 1. The predicted molar refractivity (Wildman–Crippen MR) is 94.7 cm³/mol. The molecule has 0 radical (unpaired) electrons. The number of nitrogens with zero attached hydrogens (tertiary/aromatic N) is 2. The fraction of sp³-hybridized carbons (Fsp3) is 0.167. The van der Waals surface area contributed by atoms with Crippen molar-refractivity contribution >= 4 is 23.2 Å². The minimum atomic E-state index is -0.474. The van der Waals surface area contributed by atoms with Crippen molar-refractivity contribution in [1.82, 2.24) is 15.1 Å². The number of hydrogen-bond acceptors (Lipinski definition) is 5. The summed E-state index contributed by atoms with van der Waals surface area (Å²) in [5, 5.41) is 6.71. The zero-order valence-corrected chi connectivity index (χ0v) is 14.5. The van der Waals surface area contributed by atoms with Crippen LogP contribution in [0.25, 0.3) is 5.69 Å². The molecule has 2 heterocycles. The van der Waals surface area contributed by atoms with Crippen molar-refractivity contribution < 1.29 is 14.3 Å². The average molecular weight is 355 g/mol. The van der Waals surface area contributed by atoms with Crippen LogP contribution in [0.3, 0.4) is 0 Å². The summed E-state index contributed by atoms with van der Waals surface area (Å²) in [5.41, 5.74) is 1.79. The number of amides is 1. The van der Waals surface area contributed by atoms with Gasteiger partial charge in [-0.1, -0.05) is 12.1 Å². The van der Waals surface area contributed by atoms with Crippen molar-refractivity contribution in [2.24, 2.45) is 0 Å². The third-order valence-electron chi connectivity index (χ3n) is 3.46. The van der Waals surface area contributed by atoms with E-state index in [0.29, 0.717) is 4.88 Å². The lowest BCUT2D eigenvalue weighted by molar-refractivity contribution is -0.143. The number of hydrogen-bond donors (Lipinski definition) is 1. The summed E-state index contributed by atoms with van der Waals surface area (Å²) < 4.78 is 6.93. The third kappa shape index (κ3) is 4.54. The number of thiophene rings is 1. The van der Waals surface area contributed by atoms with E-state index in [1.165, 1.54) is 11.3 Å². The number of carbonyl (C=O) groups excluding carboxylic acids is 2. The van der Waals surface area contributed by atoms with Crippen LogP contribution in [-0.4, -0.2) is 28.2 Å². The van der Waals surface area contributed by atoms with Crippen LogP contribution in [0.1, 0.15) is 20.1 Å². The molecule has 1 amide bonds. The number of benzene rings is 1. The van der Waals surface area contributed by atoms with Gasteiger partial charge in [0.2, 0.25) is 0 Å². The lowest BCUT2D eigenvalue weighted by Gasteiger charge is -2.07. The highest BCUT2D eigenvalue weighted by molar-refractivity contribution is 7.13. The zero-order chi connectivity index (χ0) is 17.6. The zero-order valence-electron chi connectivity index (χ0n) is 13.6. The minimum absolute atomic E-state index is 0.152. The average Bonchev–Trinajstić information content (AvgIpc) is 3.30. The van der Waals surface area contributed by atoms with Gasteiger partial charge in [-0.05, 0) is 42.8 Å². The maximum absolute atomic E-state index is 11.9. The molecule has 6 nitrogen and oxygen atoms in total. The number of rotatable bonds is 6. The van der Waals surface area contributed by atoms with Crippen molar-refractivity contribution in [3.8, 4) is 5.69 Å². The van der Waals surface area contributed by atoms with E-state index in [2.05, 4.69) is 10.4 Å². The summed E-state index contributed by atoms with van der Waals surface area (Å²) in [6, 6.07) is 13.0. The Morgan fingerprint density at radius 3 is 2.64 bits per heavy atom. The van der Waals surface area contributed by atoms with Gasteiger partial charge in [0.05, 0.1) is 10.6 Å². The van der Waals surface area contributed by atoms with E-state index >= 15 is 0 Å². The maximum Gasteiger partial charge on any atom is 0.325 e. The molecule has 0 aliphatic carbocycles. The number of aromatic nitrogens is 2. The van der Waals surface area contributed by atoms with Gasteiger partial charge < -0.3 is 10.1 Å². The van der Waals surface area contributed by atoms with Crippen LogP contribution in [0.5, 0.6) is 0 Å². The second-order valence-electron chi connectivity index (χ2n) is 5.37. The summed E-state index contributed by atoms with van der Waals surface area (Å²) >= 11 is 1.39. The van der Waals surface area contributed by atoms with E-state index in [1.54, 1.807) is 16.9 Å². The first kappa shape index (κ1) is 16.9. The largest absolute Gasteiger partial charge is 0.460 e. The Kier molecular flexibility index (Phi) is 5.25. The van der Waals surface area contributed by atoms with Crippen molar-refractivity contribution in [2.45, 2.75) is 13.5 Å². The van der Waals surface area contributed by atoms with Crippen LogP contribution in [0.4, 0.5) is 0 Å². The molecule has 1 aromatic carbocycles. The van der Waals surface area contributed by atoms with E-state index in [9.17, 15) is 9.59 Å². The third-order valence-corrected chi connectivity index (χ3v) is 4.46. The molecule has 0 fully saturated rings. The summed E-state index contributed by atoms with van der Waals surface area (Å²) in [6.45, 7) is 1.93. The molecule has 7 heteroatoms. The van der Waals surface area contributed by atoms with Gasteiger partial charge >= 0.3 is 5.97 Å². The van der Waals surface area contributed by atoms with E-state index in [-0.39, 0.29) is 19.1 Å². The first-order valence-electron chi connectivity index (χ1n) is 7.71. The van der Waals surface area contributed by atoms with Gasteiger partial charge in [0.15, 0.2) is 0 Å². The molecule has 3 aromatic rings. The molecular formula is C18H17N3O3S. The van der Waals surface area contributed by atoms with Gasteiger partial charge in [0, 0.05) is 17.3 Å². The molecule has 3 rings (SSSR count). The molecule has 0 bridgehead atoms. The molecule has 0 atom stereocenters. The number of carbonyl (C=O) groups is 2. The number of nitrogens with one attached hydrogen (secondary N) is 1. The van der Waals surface area contributed by atoms with Gasteiger partial charge in [-0.3, -0.25) is 9.59 Å². The Labute approximate surface area is 149 Å². The summed E-state index contributed by atoms with van der Waals surface area (Å²) in [7, 11) is 0. The second-order valence-corrected chi connectivity index (χ2v) is 6.66. The molecule has 0 saturated carbocycles.